The third-order valence-corrected chi connectivity index (χ3v) is 3.04. The number of anilines is 2. The molecule has 1 heterocycles. The number of nitrogens with one attached hydrogen (secondary N) is 2. The maximum atomic E-state index is 4.35. The molecule has 0 fully saturated rings. The van der Waals surface area contributed by atoms with Crippen molar-refractivity contribution >= 4 is 23.7 Å². The summed E-state index contributed by atoms with van der Waals surface area (Å²) < 4.78 is 0. The van der Waals surface area contributed by atoms with Crippen molar-refractivity contribution in [3.8, 4) is 0 Å². The van der Waals surface area contributed by atoms with Gasteiger partial charge in [-0.15, -0.1) is 0 Å². The highest BCUT2D eigenvalue weighted by molar-refractivity contribution is 7.98. The van der Waals surface area contributed by atoms with E-state index in [1.54, 1.807) is 0 Å². The highest BCUT2D eigenvalue weighted by Gasteiger charge is 2.10. The molecule has 1 atom stereocenters. The average molecular weight is 255 g/mol. The Labute approximate surface area is 107 Å². The van der Waals surface area contributed by atoms with E-state index in [1.165, 1.54) is 11.8 Å². The first-order valence-corrected chi connectivity index (χ1v) is 7.09. The minimum atomic E-state index is 0.335. The predicted octanol–water partition coefficient (Wildman–Crippen LogP) is 2.48. The molecule has 0 aliphatic rings. The van der Waals surface area contributed by atoms with E-state index in [4.69, 9.17) is 0 Å². The molecule has 2 N–H and O–H groups in total. The van der Waals surface area contributed by atoms with E-state index < -0.39 is 0 Å². The molecule has 1 aromatic rings. The van der Waals surface area contributed by atoms with Crippen LogP contribution in [0.3, 0.4) is 0 Å². The fourth-order valence-electron chi connectivity index (χ4n) is 1.12. The first kappa shape index (κ1) is 14.0. The summed E-state index contributed by atoms with van der Waals surface area (Å²) in [5.41, 5.74) is 0. The molecule has 0 radical (unpaired) electrons. The van der Waals surface area contributed by atoms with Crippen molar-refractivity contribution in [3.63, 3.8) is 0 Å². The lowest BCUT2D eigenvalue weighted by atomic mass is 10.1. The average Bonchev–Trinajstić information content (AvgIpc) is 2.28. The van der Waals surface area contributed by atoms with E-state index in [9.17, 15) is 0 Å². The third kappa shape index (κ3) is 4.38. The SMILES string of the molecule is CCNc1nc(N[C@@H](C)C(C)C)nc(SC)n1. The number of rotatable bonds is 6. The molecule has 0 aliphatic carbocycles. The normalized spacial score (nSPS) is 12.6. The van der Waals surface area contributed by atoms with Crippen LogP contribution in [0.15, 0.2) is 5.16 Å². The van der Waals surface area contributed by atoms with Gasteiger partial charge in [0.2, 0.25) is 11.9 Å². The zero-order valence-electron chi connectivity index (χ0n) is 11.1. The van der Waals surface area contributed by atoms with Crippen LogP contribution in [-0.4, -0.2) is 33.8 Å². The molecule has 1 rings (SSSR count). The Morgan fingerprint density at radius 3 is 2.29 bits per heavy atom. The van der Waals surface area contributed by atoms with Crippen LogP contribution in [0.4, 0.5) is 11.9 Å². The van der Waals surface area contributed by atoms with Gasteiger partial charge in [-0.25, -0.2) is 0 Å². The topological polar surface area (TPSA) is 62.7 Å². The second-order valence-electron chi connectivity index (χ2n) is 4.18. The van der Waals surface area contributed by atoms with Gasteiger partial charge in [0.15, 0.2) is 5.16 Å². The molecule has 0 saturated heterocycles. The minimum absolute atomic E-state index is 0.335. The van der Waals surface area contributed by atoms with Gasteiger partial charge in [0.05, 0.1) is 0 Å². The summed E-state index contributed by atoms with van der Waals surface area (Å²) in [7, 11) is 0. The van der Waals surface area contributed by atoms with E-state index in [0.717, 1.165) is 11.7 Å². The van der Waals surface area contributed by atoms with Crippen LogP contribution in [0.1, 0.15) is 27.7 Å². The summed E-state index contributed by atoms with van der Waals surface area (Å²) in [5.74, 6) is 1.80. The predicted molar refractivity (Wildman–Crippen MR) is 73.7 cm³/mol. The van der Waals surface area contributed by atoms with E-state index in [1.807, 2.05) is 13.2 Å². The van der Waals surface area contributed by atoms with Crippen LogP contribution in [0, 0.1) is 5.92 Å². The maximum absolute atomic E-state index is 4.35. The molecule has 17 heavy (non-hydrogen) atoms. The Morgan fingerprint density at radius 1 is 1.12 bits per heavy atom. The second kappa shape index (κ2) is 6.64. The van der Waals surface area contributed by atoms with Crippen molar-refractivity contribution in [1.29, 1.82) is 0 Å². The summed E-state index contributed by atoms with van der Waals surface area (Å²) >= 11 is 1.52. The maximum Gasteiger partial charge on any atom is 0.228 e. The Morgan fingerprint density at radius 2 is 1.76 bits per heavy atom. The highest BCUT2D eigenvalue weighted by atomic mass is 32.2. The molecular formula is C11H21N5S. The largest absolute Gasteiger partial charge is 0.354 e. The van der Waals surface area contributed by atoms with E-state index >= 15 is 0 Å². The number of nitrogens with zero attached hydrogens (tertiary/aromatic N) is 3. The van der Waals surface area contributed by atoms with Crippen LogP contribution < -0.4 is 10.6 Å². The smallest absolute Gasteiger partial charge is 0.228 e. The summed E-state index contributed by atoms with van der Waals surface area (Å²) in [6.45, 7) is 9.28. The molecule has 0 aromatic carbocycles. The van der Waals surface area contributed by atoms with Gasteiger partial charge in [0.1, 0.15) is 0 Å². The summed E-state index contributed by atoms with van der Waals surface area (Å²) in [6, 6.07) is 0.335. The molecule has 6 heteroatoms. The number of aromatic nitrogens is 3. The van der Waals surface area contributed by atoms with E-state index in [2.05, 4.69) is 46.4 Å². The quantitative estimate of drug-likeness (QED) is 0.761. The monoisotopic (exact) mass is 255 g/mol. The molecule has 0 unspecified atom stereocenters. The summed E-state index contributed by atoms with van der Waals surface area (Å²) in [6.07, 6.45) is 1.96. The van der Waals surface area contributed by atoms with Crippen LogP contribution in [-0.2, 0) is 0 Å². The number of thioether (sulfide) groups is 1. The van der Waals surface area contributed by atoms with Crippen LogP contribution >= 0.6 is 11.8 Å². The highest BCUT2D eigenvalue weighted by Crippen LogP contribution is 2.15. The first-order chi connectivity index (χ1) is 8.06. The Hall–Kier alpha value is -1.04. The first-order valence-electron chi connectivity index (χ1n) is 5.87. The Balaban J connectivity index is 2.86. The molecule has 0 saturated carbocycles. The van der Waals surface area contributed by atoms with Crippen molar-refractivity contribution < 1.29 is 0 Å². The third-order valence-electron chi connectivity index (χ3n) is 2.49. The summed E-state index contributed by atoms with van der Waals surface area (Å²) in [4.78, 5) is 13.0. The molecule has 0 amide bonds. The molecule has 5 nitrogen and oxygen atoms in total. The van der Waals surface area contributed by atoms with Crippen molar-refractivity contribution in [2.75, 3.05) is 23.4 Å². The van der Waals surface area contributed by atoms with Crippen molar-refractivity contribution in [2.45, 2.75) is 38.9 Å². The standard InChI is InChI=1S/C11H21N5S/c1-6-12-9-14-10(13-8(4)7(2)3)16-11(15-9)17-5/h7-8H,6H2,1-5H3,(H2,12,13,14,15,16)/t8-/m0/s1. The minimum Gasteiger partial charge on any atom is -0.354 e. The van der Waals surface area contributed by atoms with Crippen molar-refractivity contribution in [2.24, 2.45) is 5.92 Å². The van der Waals surface area contributed by atoms with Gasteiger partial charge < -0.3 is 10.6 Å². The molecular weight excluding hydrogens is 234 g/mol. The van der Waals surface area contributed by atoms with Gasteiger partial charge >= 0.3 is 0 Å². The zero-order chi connectivity index (χ0) is 12.8. The Bertz CT molecular complexity index is 356. The summed E-state index contributed by atoms with van der Waals surface area (Å²) in [5, 5.41) is 7.14. The molecule has 0 spiro atoms. The number of hydrogen-bond donors (Lipinski definition) is 2. The number of hydrogen-bond acceptors (Lipinski definition) is 6. The lowest BCUT2D eigenvalue weighted by Gasteiger charge is -2.17. The molecule has 1 aromatic heterocycles. The fraction of sp³-hybridized carbons (Fsp3) is 0.727. The van der Waals surface area contributed by atoms with Crippen molar-refractivity contribution in [3.05, 3.63) is 0 Å². The molecule has 0 bridgehead atoms. The lowest BCUT2D eigenvalue weighted by Crippen LogP contribution is -2.23. The molecule has 96 valence electrons. The van der Waals surface area contributed by atoms with Crippen LogP contribution in [0.25, 0.3) is 0 Å². The fourth-order valence-corrected chi connectivity index (χ4v) is 1.48. The van der Waals surface area contributed by atoms with E-state index in [-0.39, 0.29) is 0 Å². The van der Waals surface area contributed by atoms with Gasteiger partial charge in [-0.1, -0.05) is 25.6 Å². The zero-order valence-corrected chi connectivity index (χ0v) is 11.9. The van der Waals surface area contributed by atoms with Crippen LogP contribution in [0.2, 0.25) is 0 Å². The van der Waals surface area contributed by atoms with Gasteiger partial charge in [0, 0.05) is 12.6 Å². The van der Waals surface area contributed by atoms with Crippen molar-refractivity contribution in [1.82, 2.24) is 15.0 Å². The van der Waals surface area contributed by atoms with Crippen LogP contribution in [0.5, 0.6) is 0 Å². The van der Waals surface area contributed by atoms with Gasteiger partial charge in [-0.3, -0.25) is 0 Å². The lowest BCUT2D eigenvalue weighted by molar-refractivity contribution is 0.555. The van der Waals surface area contributed by atoms with Gasteiger partial charge in [-0.2, -0.15) is 15.0 Å². The molecule has 0 aliphatic heterocycles. The van der Waals surface area contributed by atoms with Gasteiger partial charge in [0.25, 0.3) is 0 Å². The van der Waals surface area contributed by atoms with Gasteiger partial charge in [-0.05, 0) is 26.0 Å². The Kier molecular flexibility index (Phi) is 5.47. The van der Waals surface area contributed by atoms with E-state index in [0.29, 0.717) is 23.9 Å². The second-order valence-corrected chi connectivity index (χ2v) is 4.95.